The number of thiazole rings is 1. The summed E-state index contributed by atoms with van der Waals surface area (Å²) in [6.07, 6.45) is -4.74. The third kappa shape index (κ3) is 3.69. The van der Waals surface area contributed by atoms with Gasteiger partial charge in [-0.1, -0.05) is 0 Å². The lowest BCUT2D eigenvalue weighted by atomic mass is 10.1. The Labute approximate surface area is 121 Å². The second kappa shape index (κ2) is 5.68. The van der Waals surface area contributed by atoms with Crippen molar-refractivity contribution in [1.29, 1.82) is 0 Å². The monoisotopic (exact) mass is 318 g/mol. The zero-order valence-electron chi connectivity index (χ0n) is 10.7. The molecule has 1 aromatic heterocycles. The van der Waals surface area contributed by atoms with Crippen molar-refractivity contribution in [3.05, 3.63) is 50.0 Å². The van der Waals surface area contributed by atoms with Gasteiger partial charge in [-0.15, -0.1) is 11.3 Å². The van der Waals surface area contributed by atoms with Crippen molar-refractivity contribution < 1.29 is 22.8 Å². The molecule has 0 spiro atoms. The van der Waals surface area contributed by atoms with Crippen molar-refractivity contribution in [1.82, 2.24) is 4.98 Å². The predicted molar refractivity (Wildman–Crippen MR) is 69.3 cm³/mol. The molecule has 0 bridgehead atoms. The maximum Gasteiger partial charge on any atom is 0.420 e. The van der Waals surface area contributed by atoms with Gasteiger partial charge in [-0.25, -0.2) is 4.98 Å². The van der Waals surface area contributed by atoms with Gasteiger partial charge in [-0.2, -0.15) is 13.2 Å². The number of nitro benzene ring substituents is 1. The molecular weight excluding hydrogens is 309 g/mol. The maximum atomic E-state index is 12.9. The first-order valence-corrected chi connectivity index (χ1v) is 6.55. The minimum absolute atomic E-state index is 0.134. The first-order chi connectivity index (χ1) is 9.77. The lowest BCUT2D eigenvalue weighted by Crippen LogP contribution is -2.09. The number of non-ortho nitro benzene ring substituents is 1. The minimum Gasteiger partial charge on any atom is -0.487 e. The van der Waals surface area contributed by atoms with Crippen LogP contribution in [0.15, 0.2) is 23.6 Å². The second-order valence-electron chi connectivity index (χ2n) is 4.08. The highest BCUT2D eigenvalue weighted by Crippen LogP contribution is 2.38. The van der Waals surface area contributed by atoms with Crippen molar-refractivity contribution in [3.8, 4) is 5.75 Å². The summed E-state index contributed by atoms with van der Waals surface area (Å²) >= 11 is 1.35. The summed E-state index contributed by atoms with van der Waals surface area (Å²) in [5.41, 5.74) is -1.31. The Kier molecular flexibility index (Phi) is 4.12. The summed E-state index contributed by atoms with van der Waals surface area (Å²) in [5, 5.41) is 13.0. The quantitative estimate of drug-likeness (QED) is 0.632. The summed E-state index contributed by atoms with van der Waals surface area (Å²) in [6, 6.07) is 2.37. The average Bonchev–Trinajstić information content (AvgIpc) is 2.81. The molecule has 0 unspecified atom stereocenters. The van der Waals surface area contributed by atoms with Crippen molar-refractivity contribution in [2.24, 2.45) is 0 Å². The standard InChI is InChI=1S/C12H9F3N2O3S/c1-7-16-8(6-21-7)5-20-11-3-2-9(17(18)19)4-10(11)12(13,14)15/h2-4,6H,5H2,1H3. The summed E-state index contributed by atoms with van der Waals surface area (Å²) in [6.45, 7) is 1.63. The number of aryl methyl sites for hydroxylation is 1. The number of nitrogens with zero attached hydrogens (tertiary/aromatic N) is 2. The molecule has 0 N–H and O–H groups in total. The van der Waals surface area contributed by atoms with Gasteiger partial charge in [-0.3, -0.25) is 10.1 Å². The molecule has 0 aliphatic heterocycles. The topological polar surface area (TPSA) is 65.3 Å². The van der Waals surface area contributed by atoms with Crippen LogP contribution < -0.4 is 4.74 Å². The minimum atomic E-state index is -4.74. The summed E-state index contributed by atoms with van der Waals surface area (Å²) in [4.78, 5) is 13.7. The predicted octanol–water partition coefficient (Wildman–Crippen LogP) is 3.96. The fourth-order valence-corrected chi connectivity index (χ4v) is 2.20. The number of hydrogen-bond donors (Lipinski definition) is 0. The number of nitro groups is 1. The molecule has 0 saturated carbocycles. The van der Waals surface area contributed by atoms with E-state index in [0.29, 0.717) is 11.8 Å². The van der Waals surface area contributed by atoms with Gasteiger partial charge in [-0.05, 0) is 13.0 Å². The number of halogens is 3. The molecule has 21 heavy (non-hydrogen) atoms. The highest BCUT2D eigenvalue weighted by molar-refractivity contribution is 7.09. The van der Waals surface area contributed by atoms with E-state index < -0.39 is 28.1 Å². The maximum absolute atomic E-state index is 12.9. The Morgan fingerprint density at radius 3 is 2.67 bits per heavy atom. The van der Waals surface area contributed by atoms with Crippen LogP contribution in [0.1, 0.15) is 16.3 Å². The fraction of sp³-hybridized carbons (Fsp3) is 0.250. The zero-order chi connectivity index (χ0) is 15.6. The molecule has 2 aromatic rings. The van der Waals surface area contributed by atoms with E-state index in [1.54, 1.807) is 12.3 Å². The van der Waals surface area contributed by atoms with E-state index in [1.807, 2.05) is 0 Å². The Hall–Kier alpha value is -2.16. The molecule has 5 nitrogen and oxygen atoms in total. The number of alkyl halides is 3. The average molecular weight is 318 g/mol. The van der Waals surface area contributed by atoms with Crippen molar-refractivity contribution >= 4 is 17.0 Å². The van der Waals surface area contributed by atoms with Crippen LogP contribution >= 0.6 is 11.3 Å². The van der Waals surface area contributed by atoms with E-state index in [2.05, 4.69) is 4.98 Å². The van der Waals surface area contributed by atoms with Gasteiger partial charge in [0.2, 0.25) is 0 Å². The van der Waals surface area contributed by atoms with Crippen LogP contribution in [0.25, 0.3) is 0 Å². The molecule has 2 rings (SSSR count). The molecule has 0 atom stereocenters. The Balaban J connectivity index is 2.27. The molecule has 1 heterocycles. The van der Waals surface area contributed by atoms with Gasteiger partial charge in [0.05, 0.1) is 15.6 Å². The van der Waals surface area contributed by atoms with Crippen LogP contribution in [0, 0.1) is 17.0 Å². The van der Waals surface area contributed by atoms with Gasteiger partial charge in [0.25, 0.3) is 5.69 Å². The third-order valence-corrected chi connectivity index (χ3v) is 3.34. The summed E-state index contributed by atoms with van der Waals surface area (Å²) in [7, 11) is 0. The molecule has 112 valence electrons. The van der Waals surface area contributed by atoms with E-state index in [9.17, 15) is 23.3 Å². The molecule has 0 radical (unpaired) electrons. The number of hydrogen-bond acceptors (Lipinski definition) is 5. The third-order valence-electron chi connectivity index (χ3n) is 2.52. The molecule has 0 aliphatic carbocycles. The van der Waals surface area contributed by atoms with Crippen LogP contribution in [-0.2, 0) is 12.8 Å². The van der Waals surface area contributed by atoms with Crippen LogP contribution in [0.4, 0.5) is 18.9 Å². The summed E-state index contributed by atoms with van der Waals surface area (Å²) < 4.78 is 43.8. The first-order valence-electron chi connectivity index (χ1n) is 5.67. The number of ether oxygens (including phenoxy) is 1. The Bertz CT molecular complexity index is 670. The van der Waals surface area contributed by atoms with Crippen LogP contribution in [0.5, 0.6) is 5.75 Å². The molecule has 0 aliphatic rings. The second-order valence-corrected chi connectivity index (χ2v) is 5.14. The highest BCUT2D eigenvalue weighted by Gasteiger charge is 2.36. The van der Waals surface area contributed by atoms with Gasteiger partial charge >= 0.3 is 6.18 Å². The van der Waals surface area contributed by atoms with Crippen molar-refractivity contribution in [3.63, 3.8) is 0 Å². The van der Waals surface area contributed by atoms with Crippen LogP contribution in [-0.4, -0.2) is 9.91 Å². The van der Waals surface area contributed by atoms with Gasteiger partial charge < -0.3 is 4.74 Å². The molecule has 0 saturated heterocycles. The molecule has 1 aromatic carbocycles. The SMILES string of the molecule is Cc1nc(COc2ccc([N+](=O)[O-])cc2C(F)(F)F)cs1. The number of rotatable bonds is 4. The molecule has 0 fully saturated rings. The largest absolute Gasteiger partial charge is 0.487 e. The molecule has 0 amide bonds. The van der Waals surface area contributed by atoms with Crippen LogP contribution in [0.3, 0.4) is 0 Å². The fourth-order valence-electron chi connectivity index (χ4n) is 1.61. The van der Waals surface area contributed by atoms with E-state index in [1.165, 1.54) is 11.3 Å². The van der Waals surface area contributed by atoms with E-state index in [4.69, 9.17) is 4.74 Å². The Morgan fingerprint density at radius 1 is 1.43 bits per heavy atom. The molecular formula is C12H9F3N2O3S. The first kappa shape index (κ1) is 15.2. The van der Waals surface area contributed by atoms with Crippen molar-refractivity contribution in [2.45, 2.75) is 19.7 Å². The normalized spacial score (nSPS) is 11.4. The van der Waals surface area contributed by atoms with Crippen molar-refractivity contribution in [2.75, 3.05) is 0 Å². The van der Waals surface area contributed by atoms with E-state index in [-0.39, 0.29) is 6.61 Å². The van der Waals surface area contributed by atoms with E-state index >= 15 is 0 Å². The van der Waals surface area contributed by atoms with Crippen LogP contribution in [0.2, 0.25) is 0 Å². The summed E-state index contributed by atoms with van der Waals surface area (Å²) in [5.74, 6) is -0.459. The lowest BCUT2D eigenvalue weighted by molar-refractivity contribution is -0.385. The Morgan fingerprint density at radius 2 is 2.14 bits per heavy atom. The highest BCUT2D eigenvalue weighted by atomic mass is 32.1. The van der Waals surface area contributed by atoms with Gasteiger partial charge in [0.1, 0.15) is 17.9 Å². The number of benzene rings is 1. The zero-order valence-corrected chi connectivity index (χ0v) is 11.5. The van der Waals surface area contributed by atoms with Gasteiger partial charge in [0, 0.05) is 17.5 Å². The lowest BCUT2D eigenvalue weighted by Gasteiger charge is -2.13. The smallest absolute Gasteiger partial charge is 0.420 e. The van der Waals surface area contributed by atoms with E-state index in [0.717, 1.165) is 17.1 Å². The number of aromatic nitrogens is 1. The molecule has 9 heteroatoms. The van der Waals surface area contributed by atoms with Gasteiger partial charge in [0.15, 0.2) is 0 Å².